The average molecular weight is 409 g/mol. The van der Waals surface area contributed by atoms with Crippen LogP contribution < -0.4 is 19.3 Å². The Labute approximate surface area is 176 Å². The first-order valence-corrected chi connectivity index (χ1v) is 10.2. The monoisotopic (exact) mass is 409 g/mol. The fraction of sp³-hybridized carbons (Fsp3) is 0.391. The fourth-order valence-electron chi connectivity index (χ4n) is 4.20. The molecule has 3 amide bonds. The Morgan fingerprint density at radius 1 is 1.00 bits per heavy atom. The van der Waals surface area contributed by atoms with Crippen molar-refractivity contribution in [3.63, 3.8) is 0 Å². The zero-order valence-corrected chi connectivity index (χ0v) is 17.7. The Morgan fingerprint density at radius 3 is 2.57 bits per heavy atom. The second-order valence-corrected chi connectivity index (χ2v) is 7.68. The van der Waals surface area contributed by atoms with Gasteiger partial charge in [0.25, 0.3) is 0 Å². The highest BCUT2D eigenvalue weighted by Gasteiger charge is 2.33. The van der Waals surface area contributed by atoms with Gasteiger partial charge < -0.3 is 19.3 Å². The number of carbonyl (C=O) groups excluding carboxylic acids is 2. The number of amides is 3. The Balaban J connectivity index is 1.47. The van der Waals surface area contributed by atoms with Gasteiger partial charge in [0.15, 0.2) is 11.5 Å². The molecule has 0 bridgehead atoms. The maximum absolute atomic E-state index is 13.1. The Morgan fingerprint density at radius 2 is 1.80 bits per heavy atom. The van der Waals surface area contributed by atoms with Crippen LogP contribution in [0.15, 0.2) is 36.4 Å². The number of methoxy groups -OCH3 is 2. The molecule has 0 saturated carbocycles. The second-order valence-electron chi connectivity index (χ2n) is 7.68. The summed E-state index contributed by atoms with van der Waals surface area (Å²) in [5.74, 6) is 1.14. The zero-order valence-electron chi connectivity index (χ0n) is 17.7. The average Bonchev–Trinajstić information content (AvgIpc) is 3.12. The smallest absolute Gasteiger partial charge is 0.325 e. The lowest BCUT2D eigenvalue weighted by molar-refractivity contribution is -0.119. The van der Waals surface area contributed by atoms with E-state index < -0.39 is 0 Å². The lowest BCUT2D eigenvalue weighted by Crippen LogP contribution is -2.44. The van der Waals surface area contributed by atoms with Gasteiger partial charge in [-0.3, -0.25) is 9.69 Å². The predicted octanol–water partition coefficient (Wildman–Crippen LogP) is 3.23. The highest BCUT2D eigenvalue weighted by molar-refractivity contribution is 6.01. The van der Waals surface area contributed by atoms with Crippen molar-refractivity contribution in [2.75, 3.05) is 50.2 Å². The number of benzene rings is 2. The van der Waals surface area contributed by atoms with E-state index >= 15 is 0 Å². The summed E-state index contributed by atoms with van der Waals surface area (Å²) >= 11 is 0. The van der Waals surface area contributed by atoms with Crippen LogP contribution >= 0.6 is 0 Å². The van der Waals surface area contributed by atoms with Gasteiger partial charge in [-0.25, -0.2) is 4.79 Å². The maximum Gasteiger partial charge on any atom is 0.325 e. The van der Waals surface area contributed by atoms with E-state index in [1.54, 1.807) is 36.2 Å². The predicted molar refractivity (Wildman–Crippen MR) is 116 cm³/mol. The van der Waals surface area contributed by atoms with Gasteiger partial charge in [0.1, 0.15) is 6.54 Å². The molecule has 0 spiro atoms. The number of urea groups is 1. The summed E-state index contributed by atoms with van der Waals surface area (Å²) in [7, 11) is 3.14. The summed E-state index contributed by atoms with van der Waals surface area (Å²) < 4.78 is 10.6. The number of nitrogens with zero attached hydrogens (tertiary/aromatic N) is 3. The third kappa shape index (κ3) is 3.67. The molecule has 0 atom stereocenters. The molecule has 0 unspecified atom stereocenters. The number of aryl methyl sites for hydroxylation is 2. The number of ether oxygens (including phenoxy) is 2. The van der Waals surface area contributed by atoms with E-state index in [0.29, 0.717) is 31.1 Å². The van der Waals surface area contributed by atoms with Gasteiger partial charge in [-0.05, 0) is 43.5 Å². The van der Waals surface area contributed by atoms with Crippen LogP contribution in [0.2, 0.25) is 0 Å². The van der Waals surface area contributed by atoms with Gasteiger partial charge >= 0.3 is 6.03 Å². The van der Waals surface area contributed by atoms with Crippen LogP contribution in [-0.2, 0) is 11.2 Å². The van der Waals surface area contributed by atoms with Gasteiger partial charge in [-0.1, -0.05) is 17.7 Å². The Hall–Kier alpha value is -3.22. The van der Waals surface area contributed by atoms with Gasteiger partial charge in [-0.2, -0.15) is 0 Å². The number of anilines is 2. The normalized spacial score (nSPS) is 16.0. The maximum atomic E-state index is 13.1. The van der Waals surface area contributed by atoms with Crippen molar-refractivity contribution in [1.29, 1.82) is 0 Å². The summed E-state index contributed by atoms with van der Waals surface area (Å²) in [5, 5.41) is 0. The molecule has 2 aromatic rings. The summed E-state index contributed by atoms with van der Waals surface area (Å²) in [4.78, 5) is 31.1. The van der Waals surface area contributed by atoms with E-state index in [0.717, 1.165) is 24.2 Å². The molecule has 2 aliphatic heterocycles. The number of rotatable bonds is 5. The summed E-state index contributed by atoms with van der Waals surface area (Å²) in [6.07, 6.45) is 1.92. The highest BCUT2D eigenvalue weighted by Crippen LogP contribution is 2.33. The number of hydrogen-bond donors (Lipinski definition) is 0. The molecule has 158 valence electrons. The molecule has 4 rings (SSSR count). The first-order chi connectivity index (χ1) is 14.5. The van der Waals surface area contributed by atoms with Crippen LogP contribution in [0, 0.1) is 6.92 Å². The molecule has 0 aromatic heterocycles. The van der Waals surface area contributed by atoms with Crippen molar-refractivity contribution >= 4 is 23.3 Å². The quantitative estimate of drug-likeness (QED) is 0.761. The van der Waals surface area contributed by atoms with Crippen LogP contribution in [-0.4, -0.2) is 57.2 Å². The largest absolute Gasteiger partial charge is 0.493 e. The van der Waals surface area contributed by atoms with E-state index in [1.165, 1.54) is 11.1 Å². The van der Waals surface area contributed by atoms with E-state index in [-0.39, 0.29) is 18.5 Å². The third-order valence-electron chi connectivity index (χ3n) is 5.75. The number of fused-ring (bicyclic) bond motifs is 1. The molecule has 7 heteroatoms. The molecular weight excluding hydrogens is 382 g/mol. The highest BCUT2D eigenvalue weighted by atomic mass is 16.5. The van der Waals surface area contributed by atoms with Gasteiger partial charge in [0, 0.05) is 37.1 Å². The first-order valence-electron chi connectivity index (χ1n) is 10.2. The molecule has 30 heavy (non-hydrogen) atoms. The Bertz CT molecular complexity index is 975. The molecule has 0 aliphatic carbocycles. The van der Waals surface area contributed by atoms with Gasteiger partial charge in [0.2, 0.25) is 5.91 Å². The van der Waals surface area contributed by atoms with Crippen LogP contribution in [0.5, 0.6) is 11.5 Å². The minimum Gasteiger partial charge on any atom is -0.493 e. The van der Waals surface area contributed by atoms with Crippen molar-refractivity contribution in [3.05, 3.63) is 47.5 Å². The Kier molecular flexibility index (Phi) is 5.53. The van der Waals surface area contributed by atoms with E-state index in [2.05, 4.69) is 13.0 Å². The van der Waals surface area contributed by atoms with E-state index in [9.17, 15) is 9.59 Å². The minimum atomic E-state index is -0.170. The first kappa shape index (κ1) is 20.1. The standard InChI is InChI=1S/C23H27N3O4/c1-16-6-8-19-17(13-16)5-4-10-26(19)22(27)15-24-11-12-25(23(24)28)18-7-9-20(29-2)21(14-18)30-3/h6-9,13-14H,4-5,10-12,15H2,1-3H3. The fourth-order valence-corrected chi connectivity index (χ4v) is 4.20. The number of carbonyl (C=O) groups is 2. The molecule has 2 aromatic carbocycles. The third-order valence-corrected chi connectivity index (χ3v) is 5.75. The molecule has 1 fully saturated rings. The second kappa shape index (κ2) is 8.26. The lowest BCUT2D eigenvalue weighted by Gasteiger charge is -2.31. The van der Waals surface area contributed by atoms with E-state index in [4.69, 9.17) is 9.47 Å². The van der Waals surface area contributed by atoms with Crippen molar-refractivity contribution < 1.29 is 19.1 Å². The molecule has 0 N–H and O–H groups in total. The molecule has 2 aliphatic rings. The van der Waals surface area contributed by atoms with Crippen molar-refractivity contribution in [2.45, 2.75) is 19.8 Å². The van der Waals surface area contributed by atoms with Crippen molar-refractivity contribution in [3.8, 4) is 11.5 Å². The molecule has 1 saturated heterocycles. The zero-order chi connectivity index (χ0) is 21.3. The lowest BCUT2D eigenvalue weighted by atomic mass is 9.99. The van der Waals surface area contributed by atoms with E-state index in [1.807, 2.05) is 23.1 Å². The SMILES string of the molecule is COc1ccc(N2CCN(CC(=O)N3CCCc4cc(C)ccc43)C2=O)cc1OC. The minimum absolute atomic E-state index is 0.0395. The van der Waals surface area contributed by atoms with Crippen molar-refractivity contribution in [1.82, 2.24) is 4.90 Å². The topological polar surface area (TPSA) is 62.3 Å². The van der Waals surface area contributed by atoms with Crippen LogP contribution in [0.4, 0.5) is 16.2 Å². The summed E-state index contributed by atoms with van der Waals surface area (Å²) in [6.45, 7) is 3.86. The number of hydrogen-bond acceptors (Lipinski definition) is 4. The van der Waals surface area contributed by atoms with Gasteiger partial charge in [0.05, 0.1) is 14.2 Å². The van der Waals surface area contributed by atoms with Crippen LogP contribution in [0.3, 0.4) is 0 Å². The molecule has 7 nitrogen and oxygen atoms in total. The molecular formula is C23H27N3O4. The molecule has 2 heterocycles. The van der Waals surface area contributed by atoms with Crippen molar-refractivity contribution in [2.24, 2.45) is 0 Å². The molecule has 0 radical (unpaired) electrons. The summed E-state index contributed by atoms with van der Waals surface area (Å²) in [6, 6.07) is 11.4. The van der Waals surface area contributed by atoms with Crippen LogP contribution in [0.25, 0.3) is 0 Å². The summed E-state index contributed by atoms with van der Waals surface area (Å²) in [5.41, 5.74) is 4.10. The van der Waals surface area contributed by atoms with Crippen LogP contribution in [0.1, 0.15) is 17.5 Å². The van der Waals surface area contributed by atoms with Gasteiger partial charge in [-0.15, -0.1) is 0 Å².